The van der Waals surface area contributed by atoms with Gasteiger partial charge in [0, 0.05) is 0 Å². The Morgan fingerprint density at radius 2 is 1.31 bits per heavy atom. The lowest BCUT2D eigenvalue weighted by molar-refractivity contribution is 0.425. The third-order valence-corrected chi connectivity index (χ3v) is 3.12. The van der Waals surface area contributed by atoms with Gasteiger partial charge in [-0.05, 0) is 11.8 Å². The van der Waals surface area contributed by atoms with Crippen LogP contribution < -0.4 is 0 Å². The Bertz CT molecular complexity index is 96.2. The van der Waals surface area contributed by atoms with Gasteiger partial charge in [-0.15, -0.1) is 0 Å². The molecule has 0 bridgehead atoms. The molecule has 0 radical (unpaired) electrons. The second-order valence-electron chi connectivity index (χ2n) is 4.69. The van der Waals surface area contributed by atoms with E-state index in [9.17, 15) is 0 Å². The monoisotopic (exact) mass is 184 g/mol. The van der Waals surface area contributed by atoms with E-state index < -0.39 is 0 Å². The predicted octanol–water partition coefficient (Wildman–Crippen LogP) is 5.03. The first-order valence-corrected chi connectivity index (χ1v) is 6.20. The standard InChI is InChI=1S/C13H28/c1-5-9-13(4)11-8-7-10-12(3)6-2/h12-13H,5-11H2,1-4H3/t12-,13-/m0/s1. The van der Waals surface area contributed by atoms with Crippen LogP contribution in [0.15, 0.2) is 0 Å². The average Bonchev–Trinajstić information content (AvgIpc) is 2.12. The zero-order valence-corrected chi connectivity index (χ0v) is 10.1. The van der Waals surface area contributed by atoms with Crippen molar-refractivity contribution in [3.05, 3.63) is 0 Å². The normalized spacial score (nSPS) is 15.7. The van der Waals surface area contributed by atoms with E-state index in [0.29, 0.717) is 0 Å². The van der Waals surface area contributed by atoms with Crippen LogP contribution in [0.3, 0.4) is 0 Å². The van der Waals surface area contributed by atoms with E-state index in [1.165, 1.54) is 44.9 Å². The summed E-state index contributed by atoms with van der Waals surface area (Å²) >= 11 is 0. The SMILES string of the molecule is CCC[C@H](C)CCCC[C@@H](C)CC. The zero-order valence-electron chi connectivity index (χ0n) is 10.1. The Balaban J connectivity index is 3.15. The van der Waals surface area contributed by atoms with Crippen LogP contribution in [0.1, 0.15) is 72.6 Å². The van der Waals surface area contributed by atoms with Crippen molar-refractivity contribution in [2.45, 2.75) is 72.6 Å². The second kappa shape index (κ2) is 8.59. The quantitative estimate of drug-likeness (QED) is 0.464. The van der Waals surface area contributed by atoms with Crippen molar-refractivity contribution >= 4 is 0 Å². The molecule has 0 aliphatic rings. The van der Waals surface area contributed by atoms with Gasteiger partial charge in [0.15, 0.2) is 0 Å². The van der Waals surface area contributed by atoms with Gasteiger partial charge in [0.05, 0.1) is 0 Å². The Morgan fingerprint density at radius 3 is 1.77 bits per heavy atom. The molecule has 2 atom stereocenters. The fraction of sp³-hybridized carbons (Fsp3) is 1.00. The maximum Gasteiger partial charge on any atom is -0.0443 e. The summed E-state index contributed by atoms with van der Waals surface area (Å²) in [5.74, 6) is 1.91. The first-order chi connectivity index (χ1) is 6.20. The summed E-state index contributed by atoms with van der Waals surface area (Å²) < 4.78 is 0. The van der Waals surface area contributed by atoms with Crippen molar-refractivity contribution in [2.75, 3.05) is 0 Å². The summed E-state index contributed by atoms with van der Waals surface area (Å²) in [7, 11) is 0. The van der Waals surface area contributed by atoms with Gasteiger partial charge < -0.3 is 0 Å². The summed E-state index contributed by atoms with van der Waals surface area (Å²) in [5.41, 5.74) is 0. The van der Waals surface area contributed by atoms with Crippen LogP contribution in [-0.4, -0.2) is 0 Å². The first kappa shape index (κ1) is 13.0. The van der Waals surface area contributed by atoms with Gasteiger partial charge in [-0.2, -0.15) is 0 Å². The predicted molar refractivity (Wildman–Crippen MR) is 62.0 cm³/mol. The third kappa shape index (κ3) is 8.33. The minimum Gasteiger partial charge on any atom is -0.0654 e. The van der Waals surface area contributed by atoms with Gasteiger partial charge in [0.25, 0.3) is 0 Å². The van der Waals surface area contributed by atoms with Crippen molar-refractivity contribution in [1.29, 1.82) is 0 Å². The number of rotatable bonds is 8. The minimum atomic E-state index is 0.946. The van der Waals surface area contributed by atoms with E-state index >= 15 is 0 Å². The molecular formula is C13H28. The van der Waals surface area contributed by atoms with Gasteiger partial charge in [0.2, 0.25) is 0 Å². The number of hydrogen-bond acceptors (Lipinski definition) is 0. The topological polar surface area (TPSA) is 0 Å². The molecule has 13 heavy (non-hydrogen) atoms. The van der Waals surface area contributed by atoms with Crippen LogP contribution in [-0.2, 0) is 0 Å². The smallest absolute Gasteiger partial charge is 0.0443 e. The molecule has 0 saturated heterocycles. The fourth-order valence-corrected chi connectivity index (χ4v) is 1.83. The highest BCUT2D eigenvalue weighted by Crippen LogP contribution is 2.17. The molecule has 0 aliphatic carbocycles. The van der Waals surface area contributed by atoms with Gasteiger partial charge in [-0.25, -0.2) is 0 Å². The molecule has 0 spiro atoms. The molecule has 0 rings (SSSR count). The van der Waals surface area contributed by atoms with Gasteiger partial charge in [0.1, 0.15) is 0 Å². The lowest BCUT2D eigenvalue weighted by Gasteiger charge is -2.11. The molecule has 0 amide bonds. The molecule has 0 nitrogen and oxygen atoms in total. The van der Waals surface area contributed by atoms with Crippen molar-refractivity contribution in [3.63, 3.8) is 0 Å². The Kier molecular flexibility index (Phi) is 8.59. The molecule has 0 aromatic heterocycles. The minimum absolute atomic E-state index is 0.946. The maximum absolute atomic E-state index is 2.40. The average molecular weight is 184 g/mol. The van der Waals surface area contributed by atoms with Crippen LogP contribution in [0.4, 0.5) is 0 Å². The maximum atomic E-state index is 2.40. The van der Waals surface area contributed by atoms with E-state index in [1.807, 2.05) is 0 Å². The van der Waals surface area contributed by atoms with Crippen LogP contribution in [0.2, 0.25) is 0 Å². The molecule has 0 saturated carbocycles. The van der Waals surface area contributed by atoms with E-state index in [-0.39, 0.29) is 0 Å². The summed E-state index contributed by atoms with van der Waals surface area (Å²) in [6.07, 6.45) is 9.91. The lowest BCUT2D eigenvalue weighted by atomic mass is 9.95. The van der Waals surface area contributed by atoms with Gasteiger partial charge in [-0.3, -0.25) is 0 Å². The fourth-order valence-electron chi connectivity index (χ4n) is 1.83. The van der Waals surface area contributed by atoms with Crippen molar-refractivity contribution in [3.8, 4) is 0 Å². The van der Waals surface area contributed by atoms with E-state index in [4.69, 9.17) is 0 Å². The van der Waals surface area contributed by atoms with Crippen LogP contribution in [0.25, 0.3) is 0 Å². The van der Waals surface area contributed by atoms with Crippen molar-refractivity contribution < 1.29 is 0 Å². The lowest BCUT2D eigenvalue weighted by Crippen LogP contribution is -1.96. The first-order valence-electron chi connectivity index (χ1n) is 6.20. The Labute approximate surface area is 85.1 Å². The molecule has 0 unspecified atom stereocenters. The summed E-state index contributed by atoms with van der Waals surface area (Å²) in [6, 6.07) is 0. The van der Waals surface area contributed by atoms with Gasteiger partial charge in [-0.1, -0.05) is 72.6 Å². The van der Waals surface area contributed by atoms with E-state index in [0.717, 1.165) is 11.8 Å². The summed E-state index contributed by atoms with van der Waals surface area (Å²) in [4.78, 5) is 0. The second-order valence-corrected chi connectivity index (χ2v) is 4.69. The number of unbranched alkanes of at least 4 members (excludes halogenated alkanes) is 1. The highest BCUT2D eigenvalue weighted by molar-refractivity contribution is 4.55. The van der Waals surface area contributed by atoms with Gasteiger partial charge >= 0.3 is 0 Å². The molecule has 0 heterocycles. The molecule has 0 aromatic carbocycles. The molecule has 0 heteroatoms. The highest BCUT2D eigenvalue weighted by Gasteiger charge is 2.02. The van der Waals surface area contributed by atoms with Crippen molar-refractivity contribution in [1.82, 2.24) is 0 Å². The van der Waals surface area contributed by atoms with Crippen LogP contribution in [0, 0.1) is 11.8 Å². The van der Waals surface area contributed by atoms with Crippen LogP contribution in [0.5, 0.6) is 0 Å². The molecular weight excluding hydrogens is 156 g/mol. The molecule has 0 aliphatic heterocycles. The van der Waals surface area contributed by atoms with Crippen molar-refractivity contribution in [2.24, 2.45) is 11.8 Å². The number of hydrogen-bond donors (Lipinski definition) is 0. The molecule has 0 N–H and O–H groups in total. The summed E-state index contributed by atoms with van der Waals surface area (Å²) in [5, 5.41) is 0. The van der Waals surface area contributed by atoms with E-state index in [1.54, 1.807) is 0 Å². The zero-order chi connectivity index (χ0) is 10.1. The Hall–Kier alpha value is 0. The molecule has 0 aromatic rings. The molecule has 0 fully saturated rings. The van der Waals surface area contributed by atoms with Crippen LogP contribution >= 0.6 is 0 Å². The van der Waals surface area contributed by atoms with E-state index in [2.05, 4.69) is 27.7 Å². The third-order valence-electron chi connectivity index (χ3n) is 3.12. The molecule has 80 valence electrons. The Morgan fingerprint density at radius 1 is 0.769 bits per heavy atom. The summed E-state index contributed by atoms with van der Waals surface area (Å²) in [6.45, 7) is 9.35. The largest absolute Gasteiger partial charge is 0.0654 e. The highest BCUT2D eigenvalue weighted by atomic mass is 14.1.